The lowest BCUT2D eigenvalue weighted by molar-refractivity contribution is -0.124. The fourth-order valence-electron chi connectivity index (χ4n) is 4.47. The van der Waals surface area contributed by atoms with E-state index in [1.54, 1.807) is 12.1 Å². The fourth-order valence-corrected chi connectivity index (χ4v) is 4.47. The minimum atomic E-state index is -0.630. The van der Waals surface area contributed by atoms with Crippen LogP contribution in [0.5, 0.6) is 0 Å². The molecule has 0 radical (unpaired) electrons. The predicted octanol–water partition coefficient (Wildman–Crippen LogP) is 2.26. The second-order valence-corrected chi connectivity index (χ2v) is 8.00. The van der Waals surface area contributed by atoms with Gasteiger partial charge in [0.25, 0.3) is 11.8 Å². The van der Waals surface area contributed by atoms with Gasteiger partial charge in [-0.1, -0.05) is 19.3 Å². The van der Waals surface area contributed by atoms with E-state index >= 15 is 0 Å². The molecule has 1 aromatic rings. The predicted molar refractivity (Wildman–Crippen MR) is 107 cm³/mol. The molecule has 4 rings (SSSR count). The van der Waals surface area contributed by atoms with Gasteiger partial charge in [-0.2, -0.15) is 0 Å². The molecule has 0 spiro atoms. The Labute approximate surface area is 169 Å². The number of anilines is 1. The molecule has 0 bridgehead atoms. The summed E-state index contributed by atoms with van der Waals surface area (Å²) in [7, 11) is 0. The fraction of sp³-hybridized carbons (Fsp3) is 0.524. The first-order valence-electron chi connectivity index (χ1n) is 10.4. The lowest BCUT2D eigenvalue weighted by Gasteiger charge is -2.29. The molecule has 2 heterocycles. The molecule has 3 aliphatic rings. The number of urea groups is 1. The van der Waals surface area contributed by atoms with Crippen LogP contribution in [0.2, 0.25) is 0 Å². The Morgan fingerprint density at radius 2 is 1.62 bits per heavy atom. The van der Waals surface area contributed by atoms with E-state index < -0.39 is 6.03 Å². The van der Waals surface area contributed by atoms with Gasteiger partial charge in [0.15, 0.2) is 0 Å². The highest BCUT2D eigenvalue weighted by Gasteiger charge is 2.40. The Kier molecular flexibility index (Phi) is 5.62. The number of hydrogen-bond donors (Lipinski definition) is 3. The number of amides is 5. The summed E-state index contributed by atoms with van der Waals surface area (Å²) in [5, 5.41) is 8.15. The molecule has 0 aromatic heterocycles. The van der Waals surface area contributed by atoms with Crippen molar-refractivity contribution in [1.29, 1.82) is 0 Å². The van der Waals surface area contributed by atoms with Crippen LogP contribution in [0.3, 0.4) is 0 Å². The lowest BCUT2D eigenvalue weighted by Crippen LogP contribution is -2.42. The van der Waals surface area contributed by atoms with Gasteiger partial charge in [0.2, 0.25) is 5.91 Å². The summed E-state index contributed by atoms with van der Waals surface area (Å²) in [4.78, 5) is 51.3. The van der Waals surface area contributed by atoms with Crippen LogP contribution in [0.4, 0.5) is 10.5 Å². The molecule has 2 fully saturated rings. The van der Waals surface area contributed by atoms with Gasteiger partial charge in [-0.25, -0.2) is 4.79 Å². The Balaban J connectivity index is 1.42. The van der Waals surface area contributed by atoms with Crippen molar-refractivity contribution in [3.05, 3.63) is 29.3 Å². The summed E-state index contributed by atoms with van der Waals surface area (Å²) < 4.78 is 0. The topological polar surface area (TPSA) is 108 Å². The van der Waals surface area contributed by atoms with Gasteiger partial charge in [-0.3, -0.25) is 24.6 Å². The lowest BCUT2D eigenvalue weighted by atomic mass is 9.94. The Bertz CT molecular complexity index is 841. The van der Waals surface area contributed by atoms with Gasteiger partial charge >= 0.3 is 6.03 Å². The Morgan fingerprint density at radius 1 is 0.931 bits per heavy atom. The first-order chi connectivity index (χ1) is 14.0. The highest BCUT2D eigenvalue weighted by molar-refractivity contribution is 6.22. The van der Waals surface area contributed by atoms with Crippen molar-refractivity contribution in [2.24, 2.45) is 5.92 Å². The zero-order valence-electron chi connectivity index (χ0n) is 16.3. The van der Waals surface area contributed by atoms with Crippen molar-refractivity contribution in [1.82, 2.24) is 15.5 Å². The number of nitrogens with one attached hydrogen (secondary N) is 3. The second kappa shape index (κ2) is 8.32. The molecule has 0 unspecified atom stereocenters. The first-order valence-corrected chi connectivity index (χ1v) is 10.4. The Morgan fingerprint density at radius 3 is 2.34 bits per heavy atom. The molecule has 2 aliphatic heterocycles. The third kappa shape index (κ3) is 4.03. The minimum absolute atomic E-state index is 0.0431. The maximum absolute atomic E-state index is 12.8. The van der Waals surface area contributed by atoms with E-state index in [0.29, 0.717) is 29.7 Å². The summed E-state index contributed by atoms with van der Waals surface area (Å²) in [5.41, 5.74) is 1.06. The normalized spacial score (nSPS) is 20.5. The SMILES string of the molecule is O=C(NC(=O)C1CCNCC1)Nc1ccc2c(c1)C(=O)N(C1CCCCC1)C2=O. The van der Waals surface area contributed by atoms with Gasteiger partial charge < -0.3 is 10.6 Å². The highest BCUT2D eigenvalue weighted by Crippen LogP contribution is 2.32. The number of fused-ring (bicyclic) bond motifs is 1. The molecule has 5 amide bonds. The third-order valence-electron chi connectivity index (χ3n) is 6.06. The van der Waals surface area contributed by atoms with Crippen LogP contribution >= 0.6 is 0 Å². The van der Waals surface area contributed by atoms with E-state index in [1.807, 2.05) is 0 Å². The molecule has 8 heteroatoms. The molecule has 154 valence electrons. The van der Waals surface area contributed by atoms with Gasteiger partial charge in [0.05, 0.1) is 11.1 Å². The van der Waals surface area contributed by atoms with E-state index in [-0.39, 0.29) is 29.7 Å². The number of hydrogen-bond acceptors (Lipinski definition) is 5. The number of imide groups is 2. The largest absolute Gasteiger partial charge is 0.325 e. The Hall–Kier alpha value is -2.74. The van der Waals surface area contributed by atoms with E-state index in [0.717, 1.165) is 45.2 Å². The van der Waals surface area contributed by atoms with Crippen molar-refractivity contribution in [2.45, 2.75) is 51.0 Å². The van der Waals surface area contributed by atoms with Crippen LogP contribution in [-0.2, 0) is 4.79 Å². The van der Waals surface area contributed by atoms with E-state index in [4.69, 9.17) is 0 Å². The average Bonchev–Trinajstić information content (AvgIpc) is 2.99. The quantitative estimate of drug-likeness (QED) is 0.677. The number of carbonyl (C=O) groups excluding carboxylic acids is 4. The highest BCUT2D eigenvalue weighted by atomic mass is 16.2. The maximum atomic E-state index is 12.8. The summed E-state index contributed by atoms with van der Waals surface area (Å²) in [6.45, 7) is 1.52. The molecule has 1 aromatic carbocycles. The summed E-state index contributed by atoms with van der Waals surface area (Å²) in [5.74, 6) is -1.02. The third-order valence-corrected chi connectivity index (χ3v) is 6.06. The molecule has 3 N–H and O–H groups in total. The molecule has 1 saturated carbocycles. The number of benzene rings is 1. The van der Waals surface area contributed by atoms with E-state index in [9.17, 15) is 19.2 Å². The number of nitrogens with zero attached hydrogens (tertiary/aromatic N) is 1. The number of piperidine rings is 1. The first kappa shape index (κ1) is 19.6. The van der Waals surface area contributed by atoms with Crippen molar-refractivity contribution < 1.29 is 19.2 Å². The van der Waals surface area contributed by atoms with E-state index in [1.165, 1.54) is 11.0 Å². The molecular formula is C21H26N4O4. The van der Waals surface area contributed by atoms with Crippen LogP contribution in [0.1, 0.15) is 65.7 Å². The zero-order valence-corrected chi connectivity index (χ0v) is 16.3. The van der Waals surface area contributed by atoms with Gasteiger partial charge in [-0.05, 0) is 57.0 Å². The van der Waals surface area contributed by atoms with Crippen LogP contribution in [-0.4, -0.2) is 47.8 Å². The molecule has 1 aliphatic carbocycles. The van der Waals surface area contributed by atoms with E-state index in [2.05, 4.69) is 16.0 Å². The van der Waals surface area contributed by atoms with Gasteiger partial charge in [0.1, 0.15) is 0 Å². The summed E-state index contributed by atoms with van der Waals surface area (Å²) in [6, 6.07) is 4.01. The van der Waals surface area contributed by atoms with Crippen LogP contribution in [0.25, 0.3) is 0 Å². The molecule has 0 atom stereocenters. The van der Waals surface area contributed by atoms with Crippen molar-refractivity contribution >= 4 is 29.4 Å². The monoisotopic (exact) mass is 398 g/mol. The molecule has 1 saturated heterocycles. The van der Waals surface area contributed by atoms with Crippen molar-refractivity contribution in [3.63, 3.8) is 0 Å². The average molecular weight is 398 g/mol. The zero-order chi connectivity index (χ0) is 20.4. The number of rotatable bonds is 3. The molecular weight excluding hydrogens is 372 g/mol. The minimum Gasteiger partial charge on any atom is -0.317 e. The van der Waals surface area contributed by atoms with Crippen LogP contribution in [0.15, 0.2) is 18.2 Å². The molecule has 29 heavy (non-hydrogen) atoms. The van der Waals surface area contributed by atoms with Crippen molar-refractivity contribution in [3.8, 4) is 0 Å². The summed E-state index contributed by atoms with van der Waals surface area (Å²) in [6.07, 6.45) is 6.28. The molecule has 8 nitrogen and oxygen atoms in total. The van der Waals surface area contributed by atoms with Gasteiger partial charge in [0, 0.05) is 17.6 Å². The number of carbonyl (C=O) groups is 4. The standard InChI is InChI=1S/C21H26N4O4/c26-18(13-8-10-22-11-9-13)24-21(29)23-14-6-7-16-17(12-14)20(28)25(19(16)27)15-4-2-1-3-5-15/h6-7,12-13,15,22H,1-5,8-11H2,(H2,23,24,26,29). The summed E-state index contributed by atoms with van der Waals surface area (Å²) >= 11 is 0. The van der Waals surface area contributed by atoms with Crippen LogP contribution < -0.4 is 16.0 Å². The second-order valence-electron chi connectivity index (χ2n) is 8.00. The van der Waals surface area contributed by atoms with Gasteiger partial charge in [-0.15, -0.1) is 0 Å². The maximum Gasteiger partial charge on any atom is 0.325 e. The van der Waals surface area contributed by atoms with Crippen molar-refractivity contribution in [2.75, 3.05) is 18.4 Å². The van der Waals surface area contributed by atoms with Crippen LogP contribution in [0, 0.1) is 5.92 Å². The smallest absolute Gasteiger partial charge is 0.317 e.